The summed E-state index contributed by atoms with van der Waals surface area (Å²) in [7, 11) is -3.77. The number of hydrogen-bond donors (Lipinski definition) is 0. The highest BCUT2D eigenvalue weighted by molar-refractivity contribution is 7.58. The molecule has 2 aromatic carbocycles. The standard InChI is InChI=1S/C27H31O4P/c1-26(2,3)23-17-20(18-24(25(23)28)27(4,5)6)19-32(29,30-21-13-9-7-10-14-21)31-22-15-11-8-12-16-22/h7-19H,1-6H3. The van der Waals surface area contributed by atoms with Crippen molar-refractivity contribution in [3.8, 4) is 11.5 Å². The SMILES string of the molecule is CC(C)(C)C1=CC(=CP(=O)(Oc2ccccc2)Oc2ccccc2)C=C(C(C)(C)C)C1=O. The van der Waals surface area contributed by atoms with Crippen LogP contribution in [-0.2, 0) is 9.36 Å². The third-order valence-corrected chi connectivity index (χ3v) is 6.53. The Morgan fingerprint density at radius 3 is 1.41 bits per heavy atom. The second-order valence-electron chi connectivity index (χ2n) is 9.92. The molecule has 0 heterocycles. The molecule has 4 nitrogen and oxygen atoms in total. The molecule has 0 saturated carbocycles. The number of Topliss-reactive ketones (excluding diaryl/α,β-unsaturated/α-hetero) is 1. The van der Waals surface area contributed by atoms with Gasteiger partial charge in [0.1, 0.15) is 11.5 Å². The molecule has 1 aliphatic rings. The average Bonchev–Trinajstić information content (AvgIpc) is 2.69. The van der Waals surface area contributed by atoms with E-state index in [0.717, 1.165) is 0 Å². The highest BCUT2D eigenvalue weighted by Gasteiger charge is 2.35. The van der Waals surface area contributed by atoms with Gasteiger partial charge in [0, 0.05) is 11.1 Å². The van der Waals surface area contributed by atoms with E-state index in [2.05, 4.69) is 0 Å². The van der Waals surface area contributed by atoms with Crippen molar-refractivity contribution in [3.05, 3.63) is 95.4 Å². The summed E-state index contributed by atoms with van der Waals surface area (Å²) in [5.41, 5.74) is 1.23. The molecule has 0 unspecified atom stereocenters. The summed E-state index contributed by atoms with van der Waals surface area (Å²) in [5, 5.41) is 0. The van der Waals surface area contributed by atoms with Crippen molar-refractivity contribution in [2.75, 3.05) is 0 Å². The second-order valence-corrected chi connectivity index (χ2v) is 11.6. The molecule has 2 aromatic rings. The van der Waals surface area contributed by atoms with Crippen LogP contribution in [0, 0.1) is 10.8 Å². The van der Waals surface area contributed by atoms with E-state index in [1.807, 2.05) is 77.9 Å². The number of para-hydroxylation sites is 2. The molecule has 0 radical (unpaired) electrons. The first-order valence-corrected chi connectivity index (χ1v) is 12.3. The molecule has 0 spiro atoms. The maximum atomic E-state index is 14.0. The molecule has 0 aromatic heterocycles. The number of rotatable bonds is 5. The first-order valence-electron chi connectivity index (χ1n) is 10.7. The van der Waals surface area contributed by atoms with Crippen LogP contribution in [0.4, 0.5) is 0 Å². The highest BCUT2D eigenvalue weighted by atomic mass is 31.2. The lowest BCUT2D eigenvalue weighted by atomic mass is 9.72. The highest BCUT2D eigenvalue weighted by Crippen LogP contribution is 2.52. The van der Waals surface area contributed by atoms with E-state index in [1.165, 1.54) is 5.82 Å². The first kappa shape index (κ1) is 23.8. The Bertz CT molecular complexity index is 1030. The molecule has 0 saturated heterocycles. The summed E-state index contributed by atoms with van der Waals surface area (Å²) < 4.78 is 25.7. The van der Waals surface area contributed by atoms with Gasteiger partial charge < -0.3 is 9.05 Å². The van der Waals surface area contributed by atoms with Crippen LogP contribution in [0.3, 0.4) is 0 Å². The van der Waals surface area contributed by atoms with Crippen molar-refractivity contribution < 1.29 is 18.4 Å². The van der Waals surface area contributed by atoms with E-state index in [9.17, 15) is 9.36 Å². The zero-order valence-corrected chi connectivity index (χ0v) is 20.5. The third-order valence-electron chi connectivity index (χ3n) is 4.99. The fraction of sp³-hybridized carbons (Fsp3) is 0.296. The quantitative estimate of drug-likeness (QED) is 0.437. The van der Waals surface area contributed by atoms with Crippen molar-refractivity contribution in [3.63, 3.8) is 0 Å². The largest absolute Gasteiger partial charge is 0.456 e. The number of carbonyl (C=O) groups excluding carboxylic acids is 1. The molecular formula is C27H31O4P. The number of ketones is 1. The maximum absolute atomic E-state index is 14.0. The lowest BCUT2D eigenvalue weighted by molar-refractivity contribution is -0.114. The van der Waals surface area contributed by atoms with Gasteiger partial charge in [0.05, 0.1) is 5.82 Å². The van der Waals surface area contributed by atoms with Crippen molar-refractivity contribution >= 4 is 13.4 Å². The van der Waals surface area contributed by atoms with E-state index < -0.39 is 7.60 Å². The van der Waals surface area contributed by atoms with Crippen LogP contribution in [0.5, 0.6) is 11.5 Å². The molecule has 32 heavy (non-hydrogen) atoms. The summed E-state index contributed by atoms with van der Waals surface area (Å²) in [6.07, 6.45) is 3.60. The van der Waals surface area contributed by atoms with Gasteiger partial charge in [-0.3, -0.25) is 4.79 Å². The van der Waals surface area contributed by atoms with Gasteiger partial charge in [-0.05, 0) is 52.8 Å². The molecule has 168 valence electrons. The lowest BCUT2D eigenvalue weighted by Gasteiger charge is -2.31. The average molecular weight is 451 g/mol. The van der Waals surface area contributed by atoms with Crippen molar-refractivity contribution in [2.24, 2.45) is 10.8 Å². The van der Waals surface area contributed by atoms with Crippen LogP contribution in [0.15, 0.2) is 95.4 Å². The van der Waals surface area contributed by atoms with Crippen molar-refractivity contribution in [1.29, 1.82) is 0 Å². The van der Waals surface area contributed by atoms with Crippen LogP contribution in [0.2, 0.25) is 0 Å². The minimum atomic E-state index is -3.77. The zero-order valence-electron chi connectivity index (χ0n) is 19.6. The third kappa shape index (κ3) is 5.89. The number of hydrogen-bond acceptors (Lipinski definition) is 4. The Morgan fingerprint density at radius 1 is 0.688 bits per heavy atom. The van der Waals surface area contributed by atoms with Crippen LogP contribution in [-0.4, -0.2) is 5.78 Å². The lowest BCUT2D eigenvalue weighted by Crippen LogP contribution is -2.28. The Hall–Kier alpha value is -2.84. The normalized spacial score (nSPS) is 15.1. The van der Waals surface area contributed by atoms with Gasteiger partial charge in [-0.1, -0.05) is 77.9 Å². The monoisotopic (exact) mass is 450 g/mol. The minimum absolute atomic E-state index is 0.0185. The second kappa shape index (κ2) is 8.96. The fourth-order valence-corrected chi connectivity index (χ4v) is 4.84. The first-order chi connectivity index (χ1) is 14.9. The molecule has 1 aliphatic carbocycles. The number of benzene rings is 2. The van der Waals surface area contributed by atoms with E-state index >= 15 is 0 Å². The van der Waals surface area contributed by atoms with Crippen LogP contribution in [0.25, 0.3) is 0 Å². The van der Waals surface area contributed by atoms with Gasteiger partial charge >= 0.3 is 7.60 Å². The zero-order chi connectivity index (χ0) is 23.6. The summed E-state index contributed by atoms with van der Waals surface area (Å²) in [4.78, 5) is 13.2. The van der Waals surface area contributed by atoms with Gasteiger partial charge in [0.15, 0.2) is 5.78 Å². The van der Waals surface area contributed by atoms with Gasteiger partial charge in [0.2, 0.25) is 0 Å². The van der Waals surface area contributed by atoms with Gasteiger partial charge in [0.25, 0.3) is 0 Å². The molecule has 0 atom stereocenters. The summed E-state index contributed by atoms with van der Waals surface area (Å²) in [6, 6.07) is 17.9. The van der Waals surface area contributed by atoms with Crippen LogP contribution in [0.1, 0.15) is 41.5 Å². The number of carbonyl (C=O) groups is 1. The molecule has 3 rings (SSSR count). The van der Waals surface area contributed by atoms with E-state index in [0.29, 0.717) is 28.2 Å². The van der Waals surface area contributed by atoms with E-state index in [4.69, 9.17) is 9.05 Å². The Kier molecular flexibility index (Phi) is 6.67. The molecule has 0 fully saturated rings. The van der Waals surface area contributed by atoms with Crippen LogP contribution < -0.4 is 9.05 Å². The van der Waals surface area contributed by atoms with Gasteiger partial charge in [-0.15, -0.1) is 0 Å². The van der Waals surface area contributed by atoms with Crippen molar-refractivity contribution in [2.45, 2.75) is 41.5 Å². The van der Waals surface area contributed by atoms with E-state index in [-0.39, 0.29) is 16.6 Å². The van der Waals surface area contributed by atoms with Gasteiger partial charge in [-0.2, -0.15) is 0 Å². The summed E-state index contributed by atoms with van der Waals surface area (Å²) in [6.45, 7) is 12.0. The Labute approximate surface area is 191 Å². The molecule has 0 amide bonds. The van der Waals surface area contributed by atoms with Crippen LogP contribution >= 0.6 is 7.60 Å². The predicted molar refractivity (Wildman–Crippen MR) is 130 cm³/mol. The minimum Gasteiger partial charge on any atom is -0.413 e. The smallest absolute Gasteiger partial charge is 0.413 e. The predicted octanol–water partition coefficient (Wildman–Crippen LogP) is 7.75. The van der Waals surface area contributed by atoms with Gasteiger partial charge in [-0.25, -0.2) is 4.57 Å². The molecule has 5 heteroatoms. The molecular weight excluding hydrogens is 419 g/mol. The van der Waals surface area contributed by atoms with E-state index in [1.54, 1.807) is 36.4 Å². The topological polar surface area (TPSA) is 52.6 Å². The maximum Gasteiger partial charge on any atom is 0.456 e. The summed E-state index contributed by atoms with van der Waals surface area (Å²) >= 11 is 0. The molecule has 0 bridgehead atoms. The molecule has 0 aliphatic heterocycles. The molecule has 0 N–H and O–H groups in total. The number of allylic oxidation sites excluding steroid dienone is 5. The fourth-order valence-electron chi connectivity index (χ4n) is 3.35. The summed E-state index contributed by atoms with van der Waals surface area (Å²) in [5.74, 6) is 2.41. The Morgan fingerprint density at radius 2 is 1.06 bits per heavy atom. The van der Waals surface area contributed by atoms with Crippen molar-refractivity contribution in [1.82, 2.24) is 0 Å². The Balaban J connectivity index is 2.13.